The molecule has 0 aromatic carbocycles. The molecule has 2 heteroatoms. The van der Waals surface area contributed by atoms with Crippen LogP contribution in [0.4, 0.5) is 0 Å². The van der Waals surface area contributed by atoms with Crippen LogP contribution in [0.3, 0.4) is 0 Å². The Morgan fingerprint density at radius 1 is 1.27 bits per heavy atom. The second-order valence-electron chi connectivity index (χ2n) is 5.66. The van der Waals surface area contributed by atoms with Gasteiger partial charge in [0, 0.05) is 12.6 Å². The van der Waals surface area contributed by atoms with E-state index in [9.17, 15) is 0 Å². The molecule has 2 rings (SSSR count). The lowest BCUT2D eigenvalue weighted by atomic mass is 9.97. The van der Waals surface area contributed by atoms with Crippen LogP contribution in [-0.4, -0.2) is 37.1 Å². The Hall–Kier alpha value is -0.0800. The molecule has 2 atom stereocenters. The van der Waals surface area contributed by atoms with E-state index in [0.717, 1.165) is 17.9 Å². The molecule has 0 spiro atoms. The zero-order chi connectivity index (χ0) is 10.7. The average Bonchev–Trinajstić information content (AvgIpc) is 2.67. The number of nitrogens with one attached hydrogen (secondary N) is 1. The minimum atomic E-state index is 0.837. The van der Waals surface area contributed by atoms with E-state index >= 15 is 0 Å². The Bertz CT molecular complexity index is 185. The Labute approximate surface area is 94.4 Å². The highest BCUT2D eigenvalue weighted by Crippen LogP contribution is 2.25. The molecule has 0 amide bonds. The zero-order valence-corrected chi connectivity index (χ0v) is 10.3. The van der Waals surface area contributed by atoms with Gasteiger partial charge in [0.05, 0.1) is 0 Å². The molecule has 1 N–H and O–H groups in total. The molecule has 2 nitrogen and oxygen atoms in total. The Morgan fingerprint density at radius 2 is 2.13 bits per heavy atom. The molecule has 0 aromatic heterocycles. The summed E-state index contributed by atoms with van der Waals surface area (Å²) in [5, 5.41) is 3.53. The van der Waals surface area contributed by atoms with Crippen LogP contribution in [0.1, 0.15) is 39.5 Å². The summed E-state index contributed by atoms with van der Waals surface area (Å²) in [6.45, 7) is 9.94. The highest BCUT2D eigenvalue weighted by atomic mass is 15.2. The van der Waals surface area contributed by atoms with E-state index in [-0.39, 0.29) is 0 Å². The highest BCUT2D eigenvalue weighted by Gasteiger charge is 2.28. The van der Waals surface area contributed by atoms with Gasteiger partial charge in [-0.1, -0.05) is 13.8 Å². The third-order valence-corrected chi connectivity index (χ3v) is 4.08. The van der Waals surface area contributed by atoms with Gasteiger partial charge in [-0.2, -0.15) is 0 Å². The van der Waals surface area contributed by atoms with Crippen molar-refractivity contribution in [2.45, 2.75) is 45.6 Å². The van der Waals surface area contributed by atoms with E-state index in [0.29, 0.717) is 0 Å². The van der Waals surface area contributed by atoms with Crippen molar-refractivity contribution in [1.29, 1.82) is 0 Å². The number of hydrogen-bond acceptors (Lipinski definition) is 2. The van der Waals surface area contributed by atoms with Gasteiger partial charge in [-0.05, 0) is 57.2 Å². The Balaban J connectivity index is 1.81. The largest absolute Gasteiger partial charge is 0.316 e. The summed E-state index contributed by atoms with van der Waals surface area (Å²) in [6, 6.07) is 0.868. The predicted molar refractivity (Wildman–Crippen MR) is 65.0 cm³/mol. The van der Waals surface area contributed by atoms with Crippen molar-refractivity contribution in [2.75, 3.05) is 26.2 Å². The van der Waals surface area contributed by atoms with Crippen molar-refractivity contribution in [3.8, 4) is 0 Å². The molecular weight excluding hydrogens is 184 g/mol. The summed E-state index contributed by atoms with van der Waals surface area (Å²) in [6.07, 6.45) is 5.67. The molecule has 0 saturated carbocycles. The summed E-state index contributed by atoms with van der Waals surface area (Å²) in [5.41, 5.74) is 0. The standard InChI is InChI=1S/C13H26N2/c1-11(2)13-6-4-8-15(13)10-12-5-3-7-14-9-12/h11-14H,3-10H2,1-2H3. The zero-order valence-electron chi connectivity index (χ0n) is 10.3. The van der Waals surface area contributed by atoms with Crippen LogP contribution in [0.25, 0.3) is 0 Å². The molecule has 15 heavy (non-hydrogen) atoms. The average molecular weight is 210 g/mol. The van der Waals surface area contributed by atoms with Crippen LogP contribution in [0.2, 0.25) is 0 Å². The van der Waals surface area contributed by atoms with E-state index in [1.54, 1.807) is 0 Å². The second kappa shape index (κ2) is 5.31. The van der Waals surface area contributed by atoms with E-state index in [1.165, 1.54) is 51.9 Å². The van der Waals surface area contributed by atoms with Gasteiger partial charge in [0.25, 0.3) is 0 Å². The summed E-state index contributed by atoms with van der Waals surface area (Å²) < 4.78 is 0. The monoisotopic (exact) mass is 210 g/mol. The maximum atomic E-state index is 3.53. The Morgan fingerprint density at radius 3 is 2.80 bits per heavy atom. The molecule has 0 aliphatic carbocycles. The summed E-state index contributed by atoms with van der Waals surface area (Å²) in [5.74, 6) is 1.75. The number of rotatable bonds is 3. The Kier molecular flexibility index (Phi) is 4.04. The molecule has 88 valence electrons. The summed E-state index contributed by atoms with van der Waals surface area (Å²) >= 11 is 0. The molecule has 2 heterocycles. The van der Waals surface area contributed by atoms with Crippen LogP contribution in [-0.2, 0) is 0 Å². The van der Waals surface area contributed by atoms with Crippen LogP contribution < -0.4 is 5.32 Å². The number of nitrogens with zero attached hydrogens (tertiary/aromatic N) is 1. The smallest absolute Gasteiger partial charge is 0.0119 e. The van der Waals surface area contributed by atoms with Crippen LogP contribution in [0.5, 0.6) is 0 Å². The molecule has 2 fully saturated rings. The molecular formula is C13H26N2. The lowest BCUT2D eigenvalue weighted by molar-refractivity contribution is 0.164. The minimum absolute atomic E-state index is 0.837. The van der Waals surface area contributed by atoms with E-state index < -0.39 is 0 Å². The highest BCUT2D eigenvalue weighted by molar-refractivity contribution is 4.84. The fourth-order valence-corrected chi connectivity index (χ4v) is 3.25. The third kappa shape index (κ3) is 2.94. The van der Waals surface area contributed by atoms with Gasteiger partial charge in [-0.25, -0.2) is 0 Å². The van der Waals surface area contributed by atoms with Crippen molar-refractivity contribution in [1.82, 2.24) is 10.2 Å². The van der Waals surface area contributed by atoms with E-state index in [1.807, 2.05) is 0 Å². The van der Waals surface area contributed by atoms with Gasteiger partial charge in [0.15, 0.2) is 0 Å². The molecule has 0 aromatic rings. The molecule has 0 bridgehead atoms. The van der Waals surface area contributed by atoms with Gasteiger partial charge in [0.1, 0.15) is 0 Å². The van der Waals surface area contributed by atoms with Crippen molar-refractivity contribution in [3.63, 3.8) is 0 Å². The molecule has 2 unspecified atom stereocenters. The predicted octanol–water partition coefficient (Wildman–Crippen LogP) is 2.11. The molecule has 0 radical (unpaired) electrons. The van der Waals surface area contributed by atoms with Gasteiger partial charge < -0.3 is 5.32 Å². The van der Waals surface area contributed by atoms with E-state index in [2.05, 4.69) is 24.1 Å². The maximum absolute atomic E-state index is 3.53. The van der Waals surface area contributed by atoms with Crippen molar-refractivity contribution in [3.05, 3.63) is 0 Å². The van der Waals surface area contributed by atoms with Crippen LogP contribution >= 0.6 is 0 Å². The van der Waals surface area contributed by atoms with Crippen LogP contribution in [0.15, 0.2) is 0 Å². The lowest BCUT2D eigenvalue weighted by Crippen LogP contribution is -2.41. The first-order valence-corrected chi connectivity index (χ1v) is 6.72. The van der Waals surface area contributed by atoms with Gasteiger partial charge in [-0.15, -0.1) is 0 Å². The first kappa shape index (κ1) is 11.4. The van der Waals surface area contributed by atoms with Gasteiger partial charge in [0.2, 0.25) is 0 Å². The topological polar surface area (TPSA) is 15.3 Å². The lowest BCUT2D eigenvalue weighted by Gasteiger charge is -2.33. The van der Waals surface area contributed by atoms with E-state index in [4.69, 9.17) is 0 Å². The normalized spacial score (nSPS) is 33.8. The third-order valence-electron chi connectivity index (χ3n) is 4.08. The van der Waals surface area contributed by atoms with Crippen molar-refractivity contribution >= 4 is 0 Å². The van der Waals surface area contributed by atoms with Crippen molar-refractivity contribution < 1.29 is 0 Å². The maximum Gasteiger partial charge on any atom is 0.0119 e. The summed E-state index contributed by atoms with van der Waals surface area (Å²) in [4.78, 5) is 2.75. The molecule has 2 saturated heterocycles. The first-order chi connectivity index (χ1) is 7.27. The first-order valence-electron chi connectivity index (χ1n) is 6.72. The number of hydrogen-bond donors (Lipinski definition) is 1. The number of likely N-dealkylation sites (tertiary alicyclic amines) is 1. The van der Waals surface area contributed by atoms with Crippen molar-refractivity contribution in [2.24, 2.45) is 11.8 Å². The van der Waals surface area contributed by atoms with Gasteiger partial charge >= 0.3 is 0 Å². The van der Waals surface area contributed by atoms with Gasteiger partial charge in [-0.3, -0.25) is 4.90 Å². The molecule has 2 aliphatic heterocycles. The number of piperidine rings is 1. The minimum Gasteiger partial charge on any atom is -0.316 e. The fraction of sp³-hybridized carbons (Fsp3) is 1.00. The molecule has 2 aliphatic rings. The quantitative estimate of drug-likeness (QED) is 0.767. The summed E-state index contributed by atoms with van der Waals surface area (Å²) in [7, 11) is 0. The fourth-order valence-electron chi connectivity index (χ4n) is 3.25. The SMILES string of the molecule is CC(C)C1CCCN1CC1CCCNC1. The van der Waals surface area contributed by atoms with Crippen LogP contribution in [0, 0.1) is 11.8 Å². The second-order valence-corrected chi connectivity index (χ2v) is 5.66.